The minimum absolute atomic E-state index is 0.176. The molecule has 1 heterocycles. The first kappa shape index (κ1) is 17.7. The van der Waals surface area contributed by atoms with Gasteiger partial charge in [0.15, 0.2) is 4.90 Å². The van der Waals surface area contributed by atoms with E-state index in [2.05, 4.69) is 4.98 Å². The average molecular weight is 406 g/mol. The largest absolute Gasteiger partial charge is 0.476 e. The van der Waals surface area contributed by atoms with Crippen molar-refractivity contribution in [2.45, 2.75) is 9.79 Å². The molecule has 25 heavy (non-hydrogen) atoms. The lowest BCUT2D eigenvalue weighted by Crippen LogP contribution is -2.09. The fourth-order valence-electron chi connectivity index (χ4n) is 2.33. The van der Waals surface area contributed by atoms with E-state index in [1.54, 1.807) is 0 Å². The minimum atomic E-state index is -4.85. The number of benzene rings is 2. The van der Waals surface area contributed by atoms with Crippen LogP contribution in [0.4, 0.5) is 7.77 Å². The molecule has 0 saturated carbocycles. The van der Waals surface area contributed by atoms with E-state index in [-0.39, 0.29) is 9.92 Å². The molecule has 130 valence electrons. The van der Waals surface area contributed by atoms with Crippen LogP contribution < -0.4 is 4.98 Å². The van der Waals surface area contributed by atoms with E-state index in [1.165, 1.54) is 36.4 Å². The Morgan fingerprint density at radius 2 is 1.52 bits per heavy atom. The highest BCUT2D eigenvalue weighted by Crippen LogP contribution is 2.28. The van der Waals surface area contributed by atoms with Crippen molar-refractivity contribution in [2.75, 3.05) is 0 Å². The van der Waals surface area contributed by atoms with Crippen LogP contribution in [0.25, 0.3) is 22.2 Å². The van der Waals surface area contributed by atoms with Crippen molar-refractivity contribution < 1.29 is 29.6 Å². The van der Waals surface area contributed by atoms with Gasteiger partial charge in [0.1, 0.15) is 0 Å². The predicted molar refractivity (Wildman–Crippen MR) is 88.7 cm³/mol. The van der Waals surface area contributed by atoms with Crippen molar-refractivity contribution in [2.24, 2.45) is 0 Å². The number of nitrogens with one attached hydrogen (secondary N) is 1. The summed E-state index contributed by atoms with van der Waals surface area (Å²) in [5.41, 5.74) is 1.51. The van der Waals surface area contributed by atoms with Gasteiger partial charge in [0, 0.05) is 17.7 Å². The van der Waals surface area contributed by atoms with E-state index in [4.69, 9.17) is 15.8 Å². The van der Waals surface area contributed by atoms with Gasteiger partial charge in [-0.3, -0.25) is 0 Å². The number of H-pyrrole nitrogens is 1. The second kappa shape index (κ2) is 6.01. The van der Waals surface area contributed by atoms with Crippen LogP contribution in [-0.4, -0.2) is 16.8 Å². The number of halogens is 3. The quantitative estimate of drug-likeness (QED) is 0.494. The smallest absolute Gasteiger partial charge is 0.204 e. The summed E-state index contributed by atoms with van der Waals surface area (Å²) in [6, 6.07) is 10.3. The van der Waals surface area contributed by atoms with E-state index < -0.39 is 25.3 Å². The third-order valence-corrected chi connectivity index (χ3v) is 5.51. The Balaban J connectivity index is 2.13. The SMILES string of the molecule is O=S(=O)(F)c1ccc2[nH+]c(-c3ccc(S(=O)(=[OH+])F)cc3)cc(Cl)c2c1. The van der Waals surface area contributed by atoms with Gasteiger partial charge in [-0.05, 0) is 36.4 Å². The summed E-state index contributed by atoms with van der Waals surface area (Å²) in [6.45, 7) is 0. The van der Waals surface area contributed by atoms with Crippen molar-refractivity contribution in [1.82, 2.24) is 0 Å². The minimum Gasteiger partial charge on any atom is -0.204 e. The van der Waals surface area contributed by atoms with Gasteiger partial charge in [0.2, 0.25) is 11.2 Å². The fraction of sp³-hybridized carbons (Fsp3) is 0. The summed E-state index contributed by atoms with van der Waals surface area (Å²) in [7, 11) is -9.39. The first-order valence-electron chi connectivity index (χ1n) is 6.73. The number of fused-ring (bicyclic) bond motifs is 1. The number of hydrogen-bond acceptors (Lipinski definition) is 3. The van der Waals surface area contributed by atoms with Crippen molar-refractivity contribution in [3.63, 3.8) is 0 Å². The zero-order valence-electron chi connectivity index (χ0n) is 12.2. The van der Waals surface area contributed by atoms with E-state index in [1.807, 2.05) is 0 Å². The van der Waals surface area contributed by atoms with Crippen LogP contribution >= 0.6 is 11.6 Å². The monoisotopic (exact) mass is 405 g/mol. The lowest BCUT2D eigenvalue weighted by atomic mass is 10.1. The molecule has 5 nitrogen and oxygen atoms in total. The third kappa shape index (κ3) is 3.63. The maximum Gasteiger partial charge on any atom is 0.476 e. The molecule has 0 fully saturated rings. The molecule has 1 aromatic heterocycles. The molecular formula is C15H10ClF2NO4S2+2. The van der Waals surface area contributed by atoms with Crippen LogP contribution in [-0.2, 0) is 20.4 Å². The van der Waals surface area contributed by atoms with Crippen molar-refractivity contribution in [1.29, 1.82) is 0 Å². The molecule has 3 rings (SSSR count). The fourth-order valence-corrected chi connectivity index (χ4v) is 3.55. The van der Waals surface area contributed by atoms with Gasteiger partial charge < -0.3 is 0 Å². The number of aromatic amines is 1. The van der Waals surface area contributed by atoms with Crippen LogP contribution in [0, 0.1) is 0 Å². The van der Waals surface area contributed by atoms with Crippen LogP contribution in [0.1, 0.15) is 0 Å². The van der Waals surface area contributed by atoms with E-state index in [0.29, 0.717) is 22.2 Å². The molecular weight excluding hydrogens is 396 g/mol. The van der Waals surface area contributed by atoms with Gasteiger partial charge in [0.25, 0.3) is 0 Å². The normalized spacial score (nSPS) is 14.4. The molecule has 0 saturated heterocycles. The zero-order valence-corrected chi connectivity index (χ0v) is 14.6. The third-order valence-electron chi connectivity index (χ3n) is 3.53. The predicted octanol–water partition coefficient (Wildman–Crippen LogP) is 3.45. The second-order valence-corrected chi connectivity index (χ2v) is 8.30. The van der Waals surface area contributed by atoms with Gasteiger partial charge in [-0.1, -0.05) is 15.5 Å². The van der Waals surface area contributed by atoms with Gasteiger partial charge in [-0.25, -0.2) is 4.98 Å². The first-order valence-corrected chi connectivity index (χ1v) is 9.90. The summed E-state index contributed by atoms with van der Waals surface area (Å²) in [5.74, 6) is 0. The van der Waals surface area contributed by atoms with Crippen LogP contribution in [0.3, 0.4) is 0 Å². The van der Waals surface area contributed by atoms with Gasteiger partial charge >= 0.3 is 20.4 Å². The highest BCUT2D eigenvalue weighted by molar-refractivity contribution is 7.86. The lowest BCUT2D eigenvalue weighted by molar-refractivity contribution is -0.330. The summed E-state index contributed by atoms with van der Waals surface area (Å²) < 4.78 is 68.0. The molecule has 0 aliphatic carbocycles. The van der Waals surface area contributed by atoms with Crippen LogP contribution in [0.15, 0.2) is 58.3 Å². The zero-order chi connectivity index (χ0) is 18.4. The number of aromatic nitrogens is 1. The highest BCUT2D eigenvalue weighted by atomic mass is 35.5. The Morgan fingerprint density at radius 1 is 0.920 bits per heavy atom. The summed E-state index contributed by atoms with van der Waals surface area (Å²) >= 11 is 6.15. The number of rotatable bonds is 3. The topological polar surface area (TPSA) is 86.8 Å². The molecule has 0 aliphatic rings. The van der Waals surface area contributed by atoms with Crippen LogP contribution in [0.2, 0.25) is 5.02 Å². The van der Waals surface area contributed by atoms with E-state index in [0.717, 1.165) is 12.1 Å². The van der Waals surface area contributed by atoms with Crippen molar-refractivity contribution in [3.05, 3.63) is 53.6 Å². The highest BCUT2D eigenvalue weighted by Gasteiger charge is 2.20. The van der Waals surface area contributed by atoms with E-state index >= 15 is 0 Å². The van der Waals surface area contributed by atoms with Crippen molar-refractivity contribution >= 4 is 43.0 Å². The first-order chi connectivity index (χ1) is 11.6. The maximum atomic E-state index is 13.1. The van der Waals surface area contributed by atoms with Gasteiger partial charge in [-0.15, -0.1) is 8.09 Å². The molecule has 0 amide bonds. The Hall–Kier alpha value is -2.10. The molecule has 1 atom stereocenters. The molecule has 0 radical (unpaired) electrons. The van der Waals surface area contributed by atoms with Gasteiger partial charge in [0.05, 0.1) is 15.3 Å². The van der Waals surface area contributed by atoms with Crippen LogP contribution in [0.5, 0.6) is 0 Å². The standard InChI is InChI=1S/C15H8ClF2NO4S2/c16-13-8-15(9-1-3-10(4-2-9)24(17,20)21)19-14-6-5-11(7-12(13)14)25(18,22)23/h1-8H/p+2. The lowest BCUT2D eigenvalue weighted by Gasteiger charge is -2.02. The Labute approximate surface area is 147 Å². The molecule has 0 spiro atoms. The molecule has 3 aromatic rings. The molecule has 2 aromatic carbocycles. The average Bonchev–Trinajstić information content (AvgIpc) is 2.53. The van der Waals surface area contributed by atoms with Crippen molar-refractivity contribution in [3.8, 4) is 11.3 Å². The number of hydrogen-bond donors (Lipinski definition) is 0. The molecule has 2 N–H and O–H groups in total. The summed E-state index contributed by atoms with van der Waals surface area (Å²) in [6.07, 6.45) is 0. The number of pyridine rings is 1. The molecule has 10 heteroatoms. The molecule has 1 unspecified atom stereocenters. The Kier molecular flexibility index (Phi) is 4.26. The second-order valence-electron chi connectivity index (χ2n) is 5.16. The maximum absolute atomic E-state index is 13.1. The summed E-state index contributed by atoms with van der Waals surface area (Å²) in [5, 5.41) is 0.484. The Bertz CT molecular complexity index is 1190. The Morgan fingerprint density at radius 3 is 2.08 bits per heavy atom. The van der Waals surface area contributed by atoms with Gasteiger partial charge in [-0.2, -0.15) is 12.6 Å². The van der Waals surface area contributed by atoms with E-state index in [9.17, 15) is 20.4 Å². The summed E-state index contributed by atoms with van der Waals surface area (Å²) in [4.78, 5) is 2.12. The molecule has 0 aliphatic heterocycles. The molecule has 0 bridgehead atoms.